The van der Waals surface area contributed by atoms with Crippen molar-refractivity contribution in [1.82, 2.24) is 4.57 Å². The lowest BCUT2D eigenvalue weighted by Gasteiger charge is -2.14. The van der Waals surface area contributed by atoms with Gasteiger partial charge in [-0.1, -0.05) is 35.9 Å². The molecule has 0 saturated heterocycles. The Morgan fingerprint density at radius 3 is 2.65 bits per heavy atom. The summed E-state index contributed by atoms with van der Waals surface area (Å²) in [6.07, 6.45) is 1.58. The van der Waals surface area contributed by atoms with Gasteiger partial charge in [0.05, 0.1) is 5.52 Å². The highest BCUT2D eigenvalue weighted by atomic mass is 16.3. The van der Waals surface area contributed by atoms with Gasteiger partial charge in [0.1, 0.15) is 11.3 Å². The van der Waals surface area contributed by atoms with Crippen molar-refractivity contribution in [3.05, 3.63) is 82.2 Å². The number of nitrogens with one attached hydrogen (secondary N) is 1. The number of pyridine rings is 1. The average Bonchev–Trinajstić information content (AvgIpc) is 2.61. The Kier molecular flexibility index (Phi) is 4.63. The molecule has 26 heavy (non-hydrogen) atoms. The largest absolute Gasteiger partial charge is 0.506 e. The predicted molar refractivity (Wildman–Crippen MR) is 104 cm³/mol. The van der Waals surface area contributed by atoms with Crippen LogP contribution in [0.2, 0.25) is 0 Å². The molecule has 2 aromatic carbocycles. The normalized spacial score (nSPS) is 10.7. The van der Waals surface area contributed by atoms with Gasteiger partial charge in [0.15, 0.2) is 0 Å². The number of aryl methyl sites for hydroxylation is 2. The third kappa shape index (κ3) is 2.99. The molecule has 132 valence electrons. The first-order valence-corrected chi connectivity index (χ1v) is 8.28. The fraction of sp³-hybridized carbons (Fsp3) is 0.143. The van der Waals surface area contributed by atoms with E-state index in [0.29, 0.717) is 16.6 Å². The third-order valence-corrected chi connectivity index (χ3v) is 4.31. The molecule has 5 heteroatoms. The zero-order valence-electron chi connectivity index (χ0n) is 14.7. The van der Waals surface area contributed by atoms with Crippen molar-refractivity contribution >= 4 is 22.5 Å². The second-order valence-electron chi connectivity index (χ2n) is 6.22. The average molecular weight is 348 g/mol. The minimum atomic E-state index is -0.636. The highest BCUT2D eigenvalue weighted by molar-refractivity contribution is 6.09. The predicted octanol–water partition coefficient (Wildman–Crippen LogP) is 3.76. The topological polar surface area (TPSA) is 71.3 Å². The molecule has 0 fully saturated rings. The van der Waals surface area contributed by atoms with Crippen molar-refractivity contribution < 1.29 is 9.90 Å². The van der Waals surface area contributed by atoms with Gasteiger partial charge in [-0.15, -0.1) is 6.58 Å². The molecule has 0 atom stereocenters. The van der Waals surface area contributed by atoms with Crippen LogP contribution in [0.3, 0.4) is 0 Å². The molecule has 0 radical (unpaired) electrons. The van der Waals surface area contributed by atoms with Gasteiger partial charge in [-0.3, -0.25) is 9.59 Å². The van der Waals surface area contributed by atoms with E-state index in [0.717, 1.165) is 11.1 Å². The molecule has 0 aliphatic rings. The van der Waals surface area contributed by atoms with Crippen molar-refractivity contribution in [1.29, 1.82) is 0 Å². The highest BCUT2D eigenvalue weighted by Gasteiger charge is 2.22. The summed E-state index contributed by atoms with van der Waals surface area (Å²) in [6.45, 7) is 7.74. The summed E-state index contributed by atoms with van der Waals surface area (Å²) < 4.78 is 1.43. The van der Waals surface area contributed by atoms with Crippen molar-refractivity contribution in [2.24, 2.45) is 0 Å². The number of allylic oxidation sites excluding steroid dienone is 1. The number of carbonyl (C=O) groups is 1. The number of carbonyl (C=O) groups excluding carboxylic acids is 1. The minimum absolute atomic E-state index is 0.240. The molecule has 1 heterocycles. The number of benzene rings is 2. The number of aromatic nitrogens is 1. The molecule has 1 amide bonds. The van der Waals surface area contributed by atoms with E-state index in [1.165, 1.54) is 4.57 Å². The summed E-state index contributed by atoms with van der Waals surface area (Å²) in [7, 11) is 0. The Morgan fingerprint density at radius 2 is 1.96 bits per heavy atom. The number of para-hydroxylation sites is 1. The second kappa shape index (κ2) is 6.88. The second-order valence-corrected chi connectivity index (χ2v) is 6.22. The maximum absolute atomic E-state index is 12.9. The molecule has 2 N–H and O–H groups in total. The number of rotatable bonds is 4. The van der Waals surface area contributed by atoms with Crippen molar-refractivity contribution in [3.8, 4) is 5.75 Å². The number of nitrogens with zero attached hydrogens (tertiary/aromatic N) is 1. The van der Waals surface area contributed by atoms with Crippen LogP contribution in [0.1, 0.15) is 21.5 Å². The molecule has 0 unspecified atom stereocenters. The molecule has 0 bridgehead atoms. The molecule has 0 aliphatic carbocycles. The van der Waals surface area contributed by atoms with Gasteiger partial charge >= 0.3 is 0 Å². The quantitative estimate of drug-likeness (QED) is 0.705. The van der Waals surface area contributed by atoms with Crippen LogP contribution in [0.5, 0.6) is 5.75 Å². The molecule has 0 saturated carbocycles. The maximum Gasteiger partial charge on any atom is 0.268 e. The standard InChI is InChI=1S/C21H20N2O3/c1-4-11-23-17-8-6-5-7-15(17)19(24)18(21(23)26)20(25)22-16-10-9-13(2)12-14(16)3/h4-10,12,24H,1,11H2,2-3H3,(H,22,25). The van der Waals surface area contributed by atoms with E-state index in [1.54, 1.807) is 36.4 Å². The molecule has 1 aromatic heterocycles. The number of aromatic hydroxyl groups is 1. The molecular formula is C21H20N2O3. The number of hydrogen-bond acceptors (Lipinski definition) is 3. The fourth-order valence-electron chi connectivity index (χ4n) is 3.04. The molecule has 5 nitrogen and oxygen atoms in total. The van der Waals surface area contributed by atoms with E-state index in [2.05, 4.69) is 11.9 Å². The Labute approximate surface area is 151 Å². The fourth-order valence-corrected chi connectivity index (χ4v) is 3.04. The third-order valence-electron chi connectivity index (χ3n) is 4.31. The number of anilines is 1. The highest BCUT2D eigenvalue weighted by Crippen LogP contribution is 2.27. The lowest BCUT2D eigenvalue weighted by Crippen LogP contribution is -2.29. The summed E-state index contributed by atoms with van der Waals surface area (Å²) >= 11 is 0. The van der Waals surface area contributed by atoms with Gasteiger partial charge in [0, 0.05) is 17.6 Å². The zero-order chi connectivity index (χ0) is 18.8. The lowest BCUT2D eigenvalue weighted by molar-refractivity contribution is 0.102. The lowest BCUT2D eigenvalue weighted by atomic mass is 10.1. The van der Waals surface area contributed by atoms with Gasteiger partial charge in [-0.2, -0.15) is 0 Å². The van der Waals surface area contributed by atoms with Crippen LogP contribution in [0.15, 0.2) is 59.9 Å². The molecule has 0 aliphatic heterocycles. The zero-order valence-corrected chi connectivity index (χ0v) is 14.7. The van der Waals surface area contributed by atoms with Crippen molar-refractivity contribution in [2.75, 3.05) is 5.32 Å². The van der Waals surface area contributed by atoms with Crippen LogP contribution in [-0.2, 0) is 6.54 Å². The summed E-state index contributed by atoms with van der Waals surface area (Å²) in [5, 5.41) is 13.8. The van der Waals surface area contributed by atoms with E-state index in [4.69, 9.17) is 0 Å². The summed E-state index contributed by atoms with van der Waals surface area (Å²) in [5.41, 5.74) is 2.28. The van der Waals surface area contributed by atoms with Crippen molar-refractivity contribution in [3.63, 3.8) is 0 Å². The van der Waals surface area contributed by atoms with Crippen LogP contribution < -0.4 is 10.9 Å². The monoisotopic (exact) mass is 348 g/mol. The van der Waals surface area contributed by atoms with Crippen molar-refractivity contribution in [2.45, 2.75) is 20.4 Å². The SMILES string of the molecule is C=CCn1c(=O)c(C(=O)Nc2ccc(C)cc2C)c(O)c2ccccc21. The Morgan fingerprint density at radius 1 is 1.23 bits per heavy atom. The Bertz CT molecular complexity index is 1080. The number of amides is 1. The van der Waals surface area contributed by atoms with Crippen LogP contribution in [0, 0.1) is 13.8 Å². The number of fused-ring (bicyclic) bond motifs is 1. The molecule has 0 spiro atoms. The van der Waals surface area contributed by atoms with Gasteiger partial charge in [-0.25, -0.2) is 0 Å². The van der Waals surface area contributed by atoms with Crippen LogP contribution in [0.4, 0.5) is 5.69 Å². The number of hydrogen-bond donors (Lipinski definition) is 2. The summed E-state index contributed by atoms with van der Waals surface area (Å²) in [6, 6.07) is 12.5. The first-order chi connectivity index (χ1) is 12.4. The Hall–Kier alpha value is -3.34. The van der Waals surface area contributed by atoms with E-state index in [-0.39, 0.29) is 17.9 Å². The molecule has 3 aromatic rings. The van der Waals surface area contributed by atoms with E-state index < -0.39 is 11.5 Å². The van der Waals surface area contributed by atoms with Gasteiger partial charge in [0.2, 0.25) is 0 Å². The van der Waals surface area contributed by atoms with Gasteiger partial charge in [0.25, 0.3) is 11.5 Å². The van der Waals surface area contributed by atoms with Gasteiger partial charge < -0.3 is 15.0 Å². The minimum Gasteiger partial charge on any atom is -0.506 e. The smallest absolute Gasteiger partial charge is 0.268 e. The molecule has 3 rings (SSSR count). The van der Waals surface area contributed by atoms with Crippen LogP contribution >= 0.6 is 0 Å². The van der Waals surface area contributed by atoms with Crippen LogP contribution in [-0.4, -0.2) is 15.6 Å². The first-order valence-electron chi connectivity index (χ1n) is 8.28. The van der Waals surface area contributed by atoms with E-state index in [9.17, 15) is 14.7 Å². The molecular weight excluding hydrogens is 328 g/mol. The summed E-state index contributed by atoms with van der Waals surface area (Å²) in [5.74, 6) is -0.948. The van der Waals surface area contributed by atoms with E-state index >= 15 is 0 Å². The van der Waals surface area contributed by atoms with Crippen LogP contribution in [0.25, 0.3) is 10.9 Å². The first kappa shape index (κ1) is 17.5. The Balaban J connectivity index is 2.16. The maximum atomic E-state index is 12.9. The van der Waals surface area contributed by atoms with Gasteiger partial charge in [-0.05, 0) is 37.6 Å². The van der Waals surface area contributed by atoms with E-state index in [1.807, 2.05) is 26.0 Å². The summed E-state index contributed by atoms with van der Waals surface area (Å²) in [4.78, 5) is 25.6.